The highest BCUT2D eigenvalue weighted by Crippen LogP contribution is 2.25. The zero-order valence-electron chi connectivity index (χ0n) is 10.7. The van der Waals surface area contributed by atoms with E-state index < -0.39 is 0 Å². The quantitative estimate of drug-likeness (QED) is 0.618. The maximum Gasteiger partial charge on any atom is 0.122 e. The van der Waals surface area contributed by atoms with Gasteiger partial charge in [-0.25, -0.2) is 0 Å². The van der Waals surface area contributed by atoms with Gasteiger partial charge in [0.15, 0.2) is 0 Å². The summed E-state index contributed by atoms with van der Waals surface area (Å²) in [5.74, 6) is 1.76. The SMILES string of the molecule is N=C(N)c1ccc(CSCc2ccc(Cl)cc2)c(Cl)c1. The summed E-state index contributed by atoms with van der Waals surface area (Å²) in [6.07, 6.45) is 0. The molecule has 0 atom stereocenters. The summed E-state index contributed by atoms with van der Waals surface area (Å²) in [6, 6.07) is 13.3. The Kier molecular flexibility index (Phi) is 5.35. The molecular formula is C15H14Cl2N2S. The second-order valence-corrected chi connectivity index (χ2v) is 6.17. The highest BCUT2D eigenvalue weighted by atomic mass is 35.5. The van der Waals surface area contributed by atoms with Gasteiger partial charge in [-0.15, -0.1) is 0 Å². The number of benzene rings is 2. The summed E-state index contributed by atoms with van der Waals surface area (Å²) < 4.78 is 0. The highest BCUT2D eigenvalue weighted by Gasteiger charge is 2.04. The fourth-order valence-corrected chi connectivity index (χ4v) is 3.15. The lowest BCUT2D eigenvalue weighted by Crippen LogP contribution is -2.10. The molecule has 0 aliphatic rings. The van der Waals surface area contributed by atoms with Crippen molar-refractivity contribution in [2.24, 2.45) is 5.73 Å². The van der Waals surface area contributed by atoms with Crippen molar-refractivity contribution in [1.29, 1.82) is 5.41 Å². The Morgan fingerprint density at radius 1 is 1.05 bits per heavy atom. The number of thioether (sulfide) groups is 1. The van der Waals surface area contributed by atoms with Crippen LogP contribution in [0.15, 0.2) is 42.5 Å². The van der Waals surface area contributed by atoms with E-state index in [1.165, 1.54) is 5.56 Å². The maximum atomic E-state index is 7.37. The van der Waals surface area contributed by atoms with E-state index in [0.717, 1.165) is 22.1 Å². The molecule has 0 saturated heterocycles. The number of amidine groups is 1. The van der Waals surface area contributed by atoms with E-state index in [2.05, 4.69) is 0 Å². The van der Waals surface area contributed by atoms with Gasteiger partial charge in [0.05, 0.1) is 0 Å². The maximum absolute atomic E-state index is 7.37. The average Bonchev–Trinajstić information content (AvgIpc) is 2.42. The van der Waals surface area contributed by atoms with Crippen LogP contribution in [0, 0.1) is 5.41 Å². The number of nitrogens with two attached hydrogens (primary N) is 1. The van der Waals surface area contributed by atoms with Crippen molar-refractivity contribution < 1.29 is 0 Å². The molecule has 2 aromatic rings. The molecule has 2 rings (SSSR count). The number of hydrogen-bond donors (Lipinski definition) is 2. The van der Waals surface area contributed by atoms with Gasteiger partial charge in [-0.1, -0.05) is 47.5 Å². The van der Waals surface area contributed by atoms with E-state index in [1.807, 2.05) is 36.4 Å². The summed E-state index contributed by atoms with van der Waals surface area (Å²) in [5.41, 5.74) is 8.37. The van der Waals surface area contributed by atoms with Crippen molar-refractivity contribution in [3.8, 4) is 0 Å². The van der Waals surface area contributed by atoms with Crippen LogP contribution in [-0.4, -0.2) is 5.84 Å². The van der Waals surface area contributed by atoms with Crippen LogP contribution < -0.4 is 5.73 Å². The summed E-state index contributed by atoms with van der Waals surface area (Å²) in [5, 5.41) is 8.78. The van der Waals surface area contributed by atoms with Gasteiger partial charge >= 0.3 is 0 Å². The normalized spacial score (nSPS) is 10.5. The van der Waals surface area contributed by atoms with Crippen molar-refractivity contribution in [3.05, 3.63) is 69.2 Å². The Bertz CT molecular complexity index is 612. The molecule has 0 aliphatic carbocycles. The van der Waals surface area contributed by atoms with Crippen LogP contribution in [-0.2, 0) is 11.5 Å². The minimum atomic E-state index is 0.0345. The van der Waals surface area contributed by atoms with Gasteiger partial charge < -0.3 is 5.73 Å². The number of halogens is 2. The Morgan fingerprint density at radius 3 is 2.35 bits per heavy atom. The fourth-order valence-electron chi connectivity index (χ4n) is 1.69. The third-order valence-electron chi connectivity index (χ3n) is 2.80. The Balaban J connectivity index is 1.94. The average molecular weight is 325 g/mol. The van der Waals surface area contributed by atoms with Crippen LogP contribution in [0.5, 0.6) is 0 Å². The van der Waals surface area contributed by atoms with Gasteiger partial charge in [0.25, 0.3) is 0 Å². The first-order valence-electron chi connectivity index (χ1n) is 6.01. The molecule has 0 aromatic heterocycles. The summed E-state index contributed by atoms with van der Waals surface area (Å²) in [7, 11) is 0. The summed E-state index contributed by atoms with van der Waals surface area (Å²) in [6.45, 7) is 0. The van der Waals surface area contributed by atoms with Crippen LogP contribution in [0.4, 0.5) is 0 Å². The van der Waals surface area contributed by atoms with Crippen LogP contribution >= 0.6 is 35.0 Å². The largest absolute Gasteiger partial charge is 0.384 e. The summed E-state index contributed by atoms with van der Waals surface area (Å²) in [4.78, 5) is 0. The van der Waals surface area contributed by atoms with E-state index in [9.17, 15) is 0 Å². The lowest BCUT2D eigenvalue weighted by atomic mass is 10.1. The fraction of sp³-hybridized carbons (Fsp3) is 0.133. The molecule has 2 nitrogen and oxygen atoms in total. The molecule has 0 amide bonds. The van der Waals surface area contributed by atoms with Gasteiger partial charge in [0.2, 0.25) is 0 Å². The van der Waals surface area contributed by atoms with E-state index in [1.54, 1.807) is 17.8 Å². The zero-order valence-corrected chi connectivity index (χ0v) is 13.0. The Hall–Kier alpha value is -1.16. The van der Waals surface area contributed by atoms with Crippen molar-refractivity contribution in [2.75, 3.05) is 0 Å². The molecule has 20 heavy (non-hydrogen) atoms. The van der Waals surface area contributed by atoms with E-state index >= 15 is 0 Å². The molecule has 0 heterocycles. The first kappa shape index (κ1) is 15.2. The van der Waals surface area contributed by atoms with Gasteiger partial charge in [-0.3, -0.25) is 5.41 Å². The summed E-state index contributed by atoms with van der Waals surface area (Å²) >= 11 is 13.8. The molecule has 2 aromatic carbocycles. The molecular weight excluding hydrogens is 311 g/mol. The van der Waals surface area contributed by atoms with Crippen LogP contribution in [0.2, 0.25) is 10.0 Å². The smallest absolute Gasteiger partial charge is 0.122 e. The first-order chi connectivity index (χ1) is 9.56. The molecule has 0 fully saturated rings. The highest BCUT2D eigenvalue weighted by molar-refractivity contribution is 7.97. The molecule has 0 aliphatic heterocycles. The Morgan fingerprint density at radius 2 is 1.75 bits per heavy atom. The Labute approximate surface area is 132 Å². The van der Waals surface area contributed by atoms with Crippen molar-refractivity contribution >= 4 is 40.8 Å². The molecule has 0 spiro atoms. The van der Waals surface area contributed by atoms with Crippen molar-refractivity contribution in [1.82, 2.24) is 0 Å². The molecule has 0 radical (unpaired) electrons. The van der Waals surface area contributed by atoms with Gasteiger partial charge in [0.1, 0.15) is 5.84 Å². The van der Waals surface area contributed by atoms with Crippen molar-refractivity contribution in [2.45, 2.75) is 11.5 Å². The minimum absolute atomic E-state index is 0.0345. The third kappa shape index (κ3) is 4.17. The van der Waals surface area contributed by atoms with Gasteiger partial charge in [-0.05, 0) is 29.3 Å². The predicted molar refractivity (Wildman–Crippen MR) is 88.9 cm³/mol. The van der Waals surface area contributed by atoms with Crippen LogP contribution in [0.3, 0.4) is 0 Å². The van der Waals surface area contributed by atoms with Gasteiger partial charge in [0, 0.05) is 27.1 Å². The second kappa shape index (κ2) is 7.02. The molecule has 5 heteroatoms. The van der Waals surface area contributed by atoms with E-state index in [-0.39, 0.29) is 5.84 Å². The number of nitrogens with one attached hydrogen (secondary N) is 1. The van der Waals surface area contributed by atoms with Crippen LogP contribution in [0.25, 0.3) is 0 Å². The molecule has 0 unspecified atom stereocenters. The standard InChI is InChI=1S/C15H14Cl2N2S/c16-13-5-1-10(2-6-13)8-20-9-12-4-3-11(15(18)19)7-14(12)17/h1-7H,8-9H2,(H3,18,19). The van der Waals surface area contributed by atoms with Crippen LogP contribution in [0.1, 0.15) is 16.7 Å². The lowest BCUT2D eigenvalue weighted by Gasteiger charge is -2.07. The van der Waals surface area contributed by atoms with E-state index in [4.69, 9.17) is 34.3 Å². The number of rotatable bonds is 5. The monoisotopic (exact) mass is 324 g/mol. The third-order valence-corrected chi connectivity index (χ3v) is 4.46. The topological polar surface area (TPSA) is 49.9 Å². The second-order valence-electron chi connectivity index (χ2n) is 4.34. The number of nitrogen functional groups attached to an aromatic ring is 1. The first-order valence-corrected chi connectivity index (χ1v) is 7.92. The molecule has 0 saturated carbocycles. The lowest BCUT2D eigenvalue weighted by molar-refractivity contribution is 1.35. The molecule has 104 valence electrons. The van der Waals surface area contributed by atoms with Gasteiger partial charge in [-0.2, -0.15) is 11.8 Å². The predicted octanol–water partition coefficient (Wildman–Crippen LogP) is 4.71. The zero-order chi connectivity index (χ0) is 14.5. The minimum Gasteiger partial charge on any atom is -0.384 e. The van der Waals surface area contributed by atoms with E-state index in [0.29, 0.717) is 10.6 Å². The molecule has 3 N–H and O–H groups in total. The number of hydrogen-bond acceptors (Lipinski definition) is 2. The molecule has 0 bridgehead atoms. The van der Waals surface area contributed by atoms with Crippen molar-refractivity contribution in [3.63, 3.8) is 0 Å².